The first-order chi connectivity index (χ1) is 7.15. The number of amides is 2. The highest BCUT2D eigenvalue weighted by molar-refractivity contribution is 6.33. The predicted molar refractivity (Wildman–Crippen MR) is 68.4 cm³/mol. The summed E-state index contributed by atoms with van der Waals surface area (Å²) in [6.45, 7) is 5.82. The van der Waals surface area contributed by atoms with Gasteiger partial charge in [-0.15, -0.1) is 6.58 Å². The second-order valence-corrected chi connectivity index (χ2v) is 3.46. The van der Waals surface area contributed by atoms with Crippen molar-refractivity contribution in [1.29, 1.82) is 0 Å². The van der Waals surface area contributed by atoms with Crippen molar-refractivity contribution in [3.05, 3.63) is 41.4 Å². The minimum absolute atomic E-state index is 0. The van der Waals surface area contributed by atoms with Gasteiger partial charge in [-0.05, 0) is 18.6 Å². The zero-order chi connectivity index (χ0) is 11.3. The zero-order valence-electron chi connectivity index (χ0n) is 9.22. The number of urea groups is 1. The van der Waals surface area contributed by atoms with Crippen LogP contribution in [0.1, 0.15) is 5.56 Å². The molecule has 4 nitrogen and oxygen atoms in total. The second-order valence-electron chi connectivity index (χ2n) is 3.06. The molecule has 0 bridgehead atoms. The van der Waals surface area contributed by atoms with Gasteiger partial charge in [0.25, 0.3) is 0 Å². The predicted octanol–water partition coefficient (Wildman–Crippen LogP) is 3.12. The van der Waals surface area contributed by atoms with E-state index in [1.807, 2.05) is 19.1 Å². The van der Waals surface area contributed by atoms with Crippen molar-refractivity contribution in [2.24, 2.45) is 0 Å². The Morgan fingerprint density at radius 3 is 2.81 bits per heavy atom. The quantitative estimate of drug-likeness (QED) is 0.711. The SMILES string of the molecule is C=CCNC(=O)Nc1c(C)cccc1Cl.N. The fourth-order valence-electron chi connectivity index (χ4n) is 1.11. The second kappa shape index (κ2) is 6.87. The minimum atomic E-state index is -0.286. The molecule has 0 radical (unpaired) electrons. The molecule has 0 saturated carbocycles. The van der Waals surface area contributed by atoms with Gasteiger partial charge >= 0.3 is 6.03 Å². The number of hydrogen-bond acceptors (Lipinski definition) is 2. The van der Waals surface area contributed by atoms with Crippen molar-refractivity contribution in [3.8, 4) is 0 Å². The average Bonchev–Trinajstić information content (AvgIpc) is 2.21. The Balaban J connectivity index is 0.00000225. The Morgan fingerprint density at radius 1 is 1.56 bits per heavy atom. The molecule has 0 spiro atoms. The van der Waals surface area contributed by atoms with Crippen molar-refractivity contribution in [2.45, 2.75) is 6.92 Å². The maximum Gasteiger partial charge on any atom is 0.319 e. The van der Waals surface area contributed by atoms with Gasteiger partial charge in [0.2, 0.25) is 0 Å². The number of rotatable bonds is 3. The summed E-state index contributed by atoms with van der Waals surface area (Å²) < 4.78 is 0. The summed E-state index contributed by atoms with van der Waals surface area (Å²) in [5.41, 5.74) is 1.57. The molecule has 0 saturated heterocycles. The van der Waals surface area contributed by atoms with Gasteiger partial charge in [-0.2, -0.15) is 0 Å². The summed E-state index contributed by atoms with van der Waals surface area (Å²) in [5, 5.41) is 5.82. The molecule has 1 aromatic carbocycles. The summed E-state index contributed by atoms with van der Waals surface area (Å²) in [6, 6.07) is 5.17. The zero-order valence-corrected chi connectivity index (χ0v) is 9.97. The van der Waals surface area contributed by atoms with E-state index in [0.29, 0.717) is 17.3 Å². The summed E-state index contributed by atoms with van der Waals surface area (Å²) in [6.07, 6.45) is 1.61. The van der Waals surface area contributed by atoms with Crippen LogP contribution >= 0.6 is 11.6 Å². The van der Waals surface area contributed by atoms with Gasteiger partial charge in [0.05, 0.1) is 10.7 Å². The molecule has 88 valence electrons. The van der Waals surface area contributed by atoms with Crippen LogP contribution in [0.15, 0.2) is 30.9 Å². The van der Waals surface area contributed by atoms with E-state index in [4.69, 9.17) is 11.6 Å². The molecule has 1 aromatic rings. The standard InChI is InChI=1S/C11H13ClN2O.H3N/c1-3-7-13-11(15)14-10-8(2)5-4-6-9(10)12;/h3-6H,1,7H2,2H3,(H2,13,14,15);1H3. The summed E-state index contributed by atoms with van der Waals surface area (Å²) in [5.74, 6) is 0. The molecular formula is C11H16ClN3O. The van der Waals surface area contributed by atoms with Crippen LogP contribution < -0.4 is 16.8 Å². The van der Waals surface area contributed by atoms with Crippen LogP contribution in [0.25, 0.3) is 0 Å². The molecule has 0 fully saturated rings. The largest absolute Gasteiger partial charge is 0.344 e. The summed E-state index contributed by atoms with van der Waals surface area (Å²) in [4.78, 5) is 11.3. The van der Waals surface area contributed by atoms with E-state index in [9.17, 15) is 4.79 Å². The molecule has 0 aliphatic carbocycles. The highest BCUT2D eigenvalue weighted by atomic mass is 35.5. The van der Waals surface area contributed by atoms with Gasteiger partial charge < -0.3 is 16.8 Å². The van der Waals surface area contributed by atoms with Gasteiger partial charge in [-0.1, -0.05) is 29.8 Å². The lowest BCUT2D eigenvalue weighted by atomic mass is 10.2. The fraction of sp³-hybridized carbons (Fsp3) is 0.182. The van der Waals surface area contributed by atoms with Gasteiger partial charge in [0.1, 0.15) is 0 Å². The summed E-state index contributed by atoms with van der Waals surface area (Å²) in [7, 11) is 0. The third kappa shape index (κ3) is 3.92. The van der Waals surface area contributed by atoms with Crippen molar-refractivity contribution in [3.63, 3.8) is 0 Å². The Kier molecular flexibility index (Phi) is 6.22. The number of hydrogen-bond donors (Lipinski definition) is 3. The molecule has 2 amide bonds. The molecule has 0 aliphatic rings. The molecule has 5 N–H and O–H groups in total. The molecule has 0 unspecified atom stereocenters. The first-order valence-corrected chi connectivity index (χ1v) is 4.94. The Bertz CT molecular complexity index is 359. The number of anilines is 1. The third-order valence-corrected chi connectivity index (χ3v) is 2.18. The van der Waals surface area contributed by atoms with Crippen molar-refractivity contribution >= 4 is 23.3 Å². The number of benzene rings is 1. The maximum atomic E-state index is 11.3. The van der Waals surface area contributed by atoms with Crippen molar-refractivity contribution in [2.75, 3.05) is 11.9 Å². The number of halogens is 1. The van der Waals surface area contributed by atoms with Crippen LogP contribution in [0, 0.1) is 6.92 Å². The van der Waals surface area contributed by atoms with E-state index in [1.165, 1.54) is 0 Å². The Labute approximate surface area is 100 Å². The molecular weight excluding hydrogens is 226 g/mol. The lowest BCUT2D eigenvalue weighted by Crippen LogP contribution is -2.29. The van der Waals surface area contributed by atoms with Gasteiger partial charge in [-0.25, -0.2) is 4.79 Å². The van der Waals surface area contributed by atoms with Crippen LogP contribution in [-0.2, 0) is 0 Å². The van der Waals surface area contributed by atoms with E-state index in [-0.39, 0.29) is 12.2 Å². The monoisotopic (exact) mass is 241 g/mol. The number of carbonyl (C=O) groups is 1. The van der Waals surface area contributed by atoms with Crippen LogP contribution in [0.2, 0.25) is 5.02 Å². The van der Waals surface area contributed by atoms with E-state index in [1.54, 1.807) is 12.1 Å². The van der Waals surface area contributed by atoms with E-state index < -0.39 is 0 Å². The van der Waals surface area contributed by atoms with E-state index in [0.717, 1.165) is 5.56 Å². The van der Waals surface area contributed by atoms with Gasteiger partial charge in [-0.3, -0.25) is 0 Å². The molecule has 16 heavy (non-hydrogen) atoms. The number of carbonyl (C=O) groups excluding carboxylic acids is 1. The first kappa shape index (κ1) is 14.5. The minimum Gasteiger partial charge on any atom is -0.344 e. The van der Waals surface area contributed by atoms with Crippen LogP contribution in [-0.4, -0.2) is 12.6 Å². The van der Waals surface area contributed by atoms with E-state index in [2.05, 4.69) is 17.2 Å². The first-order valence-electron chi connectivity index (χ1n) is 4.56. The molecule has 0 aliphatic heterocycles. The lowest BCUT2D eigenvalue weighted by molar-refractivity contribution is 0.253. The van der Waals surface area contributed by atoms with Gasteiger partial charge in [0, 0.05) is 6.54 Å². The normalized spacial score (nSPS) is 8.88. The van der Waals surface area contributed by atoms with Crippen LogP contribution in [0.5, 0.6) is 0 Å². The fourth-order valence-corrected chi connectivity index (χ4v) is 1.38. The molecule has 5 heteroatoms. The highest BCUT2D eigenvalue weighted by Crippen LogP contribution is 2.24. The molecule has 0 aromatic heterocycles. The number of aryl methyl sites for hydroxylation is 1. The lowest BCUT2D eigenvalue weighted by Gasteiger charge is -2.10. The van der Waals surface area contributed by atoms with Crippen molar-refractivity contribution in [1.82, 2.24) is 11.5 Å². The van der Waals surface area contributed by atoms with Crippen LogP contribution in [0.3, 0.4) is 0 Å². The number of nitrogens with one attached hydrogen (secondary N) is 2. The van der Waals surface area contributed by atoms with Gasteiger partial charge in [0.15, 0.2) is 0 Å². The molecule has 1 rings (SSSR count). The van der Waals surface area contributed by atoms with Crippen molar-refractivity contribution < 1.29 is 4.79 Å². The maximum absolute atomic E-state index is 11.3. The Hall–Kier alpha value is -1.52. The average molecular weight is 242 g/mol. The molecule has 0 atom stereocenters. The van der Waals surface area contributed by atoms with E-state index >= 15 is 0 Å². The molecule has 0 heterocycles. The number of para-hydroxylation sites is 1. The summed E-state index contributed by atoms with van der Waals surface area (Å²) >= 11 is 5.94. The smallest absolute Gasteiger partial charge is 0.319 e. The van der Waals surface area contributed by atoms with Crippen LogP contribution in [0.4, 0.5) is 10.5 Å². The Morgan fingerprint density at radius 2 is 2.25 bits per heavy atom. The highest BCUT2D eigenvalue weighted by Gasteiger charge is 2.06. The topological polar surface area (TPSA) is 76.1 Å². The third-order valence-electron chi connectivity index (χ3n) is 1.87.